The van der Waals surface area contributed by atoms with Crippen molar-refractivity contribution in [2.75, 3.05) is 32.7 Å². The van der Waals surface area contributed by atoms with Crippen LogP contribution in [-0.4, -0.2) is 49.3 Å². The van der Waals surface area contributed by atoms with Gasteiger partial charge in [0.25, 0.3) is 0 Å². The van der Waals surface area contributed by atoms with Crippen molar-refractivity contribution in [1.82, 2.24) is 10.2 Å². The van der Waals surface area contributed by atoms with Crippen molar-refractivity contribution in [3.8, 4) is 12.3 Å². The summed E-state index contributed by atoms with van der Waals surface area (Å²) in [7, 11) is 0. The summed E-state index contributed by atoms with van der Waals surface area (Å²) in [5, 5.41) is 3.21. The molecule has 1 N–H and O–H groups in total. The first kappa shape index (κ1) is 12.5. The quantitative estimate of drug-likeness (QED) is 0.546. The second kappa shape index (κ2) is 5.50. The molecular formula is C12H22N2O. The molecule has 0 aromatic carbocycles. The largest absolute Gasteiger partial charge is 0.370 e. The number of hydrogen-bond acceptors (Lipinski definition) is 3. The monoisotopic (exact) mass is 210 g/mol. The van der Waals surface area contributed by atoms with E-state index in [4.69, 9.17) is 11.2 Å². The van der Waals surface area contributed by atoms with Gasteiger partial charge in [0.1, 0.15) is 0 Å². The number of nitrogens with zero attached hydrogens (tertiary/aromatic N) is 1. The fraction of sp³-hybridized carbons (Fsp3) is 0.833. The predicted octanol–water partition coefficient (Wildman–Crippen LogP) is 0.708. The number of nitrogens with one attached hydrogen (secondary N) is 1. The van der Waals surface area contributed by atoms with Gasteiger partial charge in [0.05, 0.1) is 18.2 Å². The summed E-state index contributed by atoms with van der Waals surface area (Å²) in [6.45, 7) is 11.1. The maximum Gasteiger partial charge on any atom is 0.0757 e. The lowest BCUT2D eigenvalue weighted by molar-refractivity contribution is -0.128. The first-order chi connectivity index (χ1) is 7.03. The molecule has 1 fully saturated rings. The number of terminal acetylenes is 1. The van der Waals surface area contributed by atoms with E-state index in [0.29, 0.717) is 12.6 Å². The van der Waals surface area contributed by atoms with Gasteiger partial charge in [0, 0.05) is 26.2 Å². The Morgan fingerprint density at radius 3 is 2.93 bits per heavy atom. The zero-order chi connectivity index (χ0) is 11.3. The van der Waals surface area contributed by atoms with Crippen molar-refractivity contribution in [2.24, 2.45) is 0 Å². The predicted molar refractivity (Wildman–Crippen MR) is 62.8 cm³/mol. The van der Waals surface area contributed by atoms with Crippen molar-refractivity contribution in [3.63, 3.8) is 0 Å². The SMILES string of the molecule is C#CCNCCN1CC(C)OC(C)(C)C1. The molecule has 1 heterocycles. The van der Waals surface area contributed by atoms with Crippen molar-refractivity contribution in [3.05, 3.63) is 0 Å². The minimum atomic E-state index is -0.0240. The molecule has 0 bridgehead atoms. The Labute approximate surface area is 93.2 Å². The van der Waals surface area contributed by atoms with Gasteiger partial charge < -0.3 is 10.1 Å². The van der Waals surface area contributed by atoms with Gasteiger partial charge in [-0.05, 0) is 20.8 Å². The van der Waals surface area contributed by atoms with Gasteiger partial charge >= 0.3 is 0 Å². The zero-order valence-electron chi connectivity index (χ0n) is 10.0. The van der Waals surface area contributed by atoms with E-state index in [-0.39, 0.29) is 5.60 Å². The molecule has 1 aliphatic rings. The van der Waals surface area contributed by atoms with Gasteiger partial charge in [-0.2, -0.15) is 0 Å². The molecule has 0 spiro atoms. The summed E-state index contributed by atoms with van der Waals surface area (Å²) < 4.78 is 5.84. The molecule has 1 rings (SSSR count). The molecule has 3 heteroatoms. The molecule has 0 amide bonds. The average Bonchev–Trinajstić information content (AvgIpc) is 2.09. The van der Waals surface area contributed by atoms with Crippen LogP contribution in [-0.2, 0) is 4.74 Å². The molecule has 0 radical (unpaired) electrons. The second-order valence-electron chi connectivity index (χ2n) is 4.80. The standard InChI is InChI=1S/C12H22N2O/c1-5-6-13-7-8-14-9-11(2)15-12(3,4)10-14/h1,11,13H,6-10H2,2-4H3. The Kier molecular flexibility index (Phi) is 4.59. The number of rotatable bonds is 4. The van der Waals surface area contributed by atoms with E-state index >= 15 is 0 Å². The van der Waals surface area contributed by atoms with Crippen molar-refractivity contribution in [1.29, 1.82) is 0 Å². The van der Waals surface area contributed by atoms with Crippen molar-refractivity contribution in [2.45, 2.75) is 32.5 Å². The third kappa shape index (κ3) is 4.65. The summed E-state index contributed by atoms with van der Waals surface area (Å²) >= 11 is 0. The Balaban J connectivity index is 2.27. The van der Waals surface area contributed by atoms with Crippen LogP contribution < -0.4 is 5.32 Å². The van der Waals surface area contributed by atoms with Gasteiger partial charge in [0.2, 0.25) is 0 Å². The van der Waals surface area contributed by atoms with Gasteiger partial charge in [-0.15, -0.1) is 6.42 Å². The minimum absolute atomic E-state index is 0.0240. The van der Waals surface area contributed by atoms with Crippen molar-refractivity contribution >= 4 is 0 Å². The molecule has 0 aromatic heterocycles. The molecular weight excluding hydrogens is 188 g/mol. The molecule has 0 aromatic rings. The van der Waals surface area contributed by atoms with Crippen LogP contribution in [0.25, 0.3) is 0 Å². The van der Waals surface area contributed by atoms with Crippen LogP contribution in [0.3, 0.4) is 0 Å². The van der Waals surface area contributed by atoms with Crippen LogP contribution in [0.15, 0.2) is 0 Å². The fourth-order valence-electron chi connectivity index (χ4n) is 2.15. The molecule has 1 unspecified atom stereocenters. The van der Waals surface area contributed by atoms with Crippen LogP contribution in [0.4, 0.5) is 0 Å². The van der Waals surface area contributed by atoms with E-state index < -0.39 is 0 Å². The first-order valence-corrected chi connectivity index (χ1v) is 5.58. The zero-order valence-corrected chi connectivity index (χ0v) is 10.0. The van der Waals surface area contributed by atoms with Gasteiger partial charge in [-0.25, -0.2) is 0 Å². The molecule has 1 saturated heterocycles. The van der Waals surface area contributed by atoms with E-state index in [9.17, 15) is 0 Å². The van der Waals surface area contributed by atoms with E-state index in [1.807, 2.05) is 0 Å². The fourth-order valence-corrected chi connectivity index (χ4v) is 2.15. The lowest BCUT2D eigenvalue weighted by Crippen LogP contribution is -2.53. The van der Waals surface area contributed by atoms with E-state index in [2.05, 4.69) is 36.9 Å². The summed E-state index contributed by atoms with van der Waals surface area (Å²) in [5.74, 6) is 2.58. The summed E-state index contributed by atoms with van der Waals surface area (Å²) in [6, 6.07) is 0. The maximum atomic E-state index is 5.84. The van der Waals surface area contributed by atoms with Gasteiger partial charge in [0.15, 0.2) is 0 Å². The van der Waals surface area contributed by atoms with E-state index in [0.717, 1.165) is 26.2 Å². The normalized spacial score (nSPS) is 26.1. The summed E-state index contributed by atoms with van der Waals surface area (Å²) in [6.07, 6.45) is 5.49. The smallest absolute Gasteiger partial charge is 0.0757 e. The van der Waals surface area contributed by atoms with E-state index in [1.165, 1.54) is 0 Å². The molecule has 1 atom stereocenters. The van der Waals surface area contributed by atoms with E-state index in [1.54, 1.807) is 0 Å². The number of hydrogen-bond donors (Lipinski definition) is 1. The third-order valence-electron chi connectivity index (χ3n) is 2.47. The number of morpholine rings is 1. The maximum absolute atomic E-state index is 5.84. The van der Waals surface area contributed by atoms with Gasteiger partial charge in [-0.3, -0.25) is 4.90 Å². The highest BCUT2D eigenvalue weighted by molar-refractivity contribution is 4.87. The van der Waals surface area contributed by atoms with Crippen LogP contribution in [0, 0.1) is 12.3 Å². The highest BCUT2D eigenvalue weighted by atomic mass is 16.5. The Morgan fingerprint density at radius 2 is 2.33 bits per heavy atom. The Hall–Kier alpha value is -0.560. The number of ether oxygens (including phenoxy) is 1. The highest BCUT2D eigenvalue weighted by Crippen LogP contribution is 2.19. The lowest BCUT2D eigenvalue weighted by Gasteiger charge is -2.41. The first-order valence-electron chi connectivity index (χ1n) is 5.58. The second-order valence-corrected chi connectivity index (χ2v) is 4.80. The highest BCUT2D eigenvalue weighted by Gasteiger charge is 2.30. The molecule has 1 aliphatic heterocycles. The lowest BCUT2D eigenvalue weighted by atomic mass is 10.1. The molecule has 3 nitrogen and oxygen atoms in total. The molecule has 86 valence electrons. The molecule has 0 aliphatic carbocycles. The van der Waals surface area contributed by atoms with Crippen LogP contribution in [0.5, 0.6) is 0 Å². The molecule has 0 saturated carbocycles. The van der Waals surface area contributed by atoms with Crippen molar-refractivity contribution < 1.29 is 4.74 Å². The minimum Gasteiger partial charge on any atom is -0.370 e. The average molecular weight is 210 g/mol. The van der Waals surface area contributed by atoms with Crippen LogP contribution in [0.2, 0.25) is 0 Å². The van der Waals surface area contributed by atoms with Crippen LogP contribution in [0.1, 0.15) is 20.8 Å². The third-order valence-corrected chi connectivity index (χ3v) is 2.47. The molecule has 15 heavy (non-hydrogen) atoms. The Morgan fingerprint density at radius 1 is 1.60 bits per heavy atom. The topological polar surface area (TPSA) is 24.5 Å². The van der Waals surface area contributed by atoms with Gasteiger partial charge in [-0.1, -0.05) is 5.92 Å². The summed E-state index contributed by atoms with van der Waals surface area (Å²) in [5.41, 5.74) is -0.0240. The van der Waals surface area contributed by atoms with Crippen LogP contribution >= 0.6 is 0 Å². The Bertz CT molecular complexity index is 232. The summed E-state index contributed by atoms with van der Waals surface area (Å²) in [4.78, 5) is 2.43.